The van der Waals surface area contributed by atoms with E-state index in [9.17, 15) is 15.0 Å². The SMILES string of the molecule is CC(CNc1nc(N)c2ncn([C@@H]3O[C@H](CCCC(N)=O)C(O)C3O)c2n1)c1ccccc1. The number of primary amides is 1. The number of nitrogen functional groups attached to an aromatic ring is 1. The normalized spacial score (nSPS) is 23.6. The number of aliphatic hydroxyl groups is 2. The van der Waals surface area contributed by atoms with Gasteiger partial charge in [-0.25, -0.2) is 4.98 Å². The number of nitrogens with two attached hydrogens (primary N) is 2. The summed E-state index contributed by atoms with van der Waals surface area (Å²) in [6.07, 6.45) is -1.41. The van der Waals surface area contributed by atoms with Gasteiger partial charge < -0.3 is 31.7 Å². The molecule has 5 atom stereocenters. The lowest BCUT2D eigenvalue weighted by molar-refractivity contribution is -0.118. The molecule has 3 aromatic rings. The fourth-order valence-corrected chi connectivity index (χ4v) is 4.02. The van der Waals surface area contributed by atoms with Crippen molar-refractivity contribution in [2.45, 2.75) is 56.6 Å². The molecule has 3 heterocycles. The first kappa shape index (κ1) is 22.9. The van der Waals surface area contributed by atoms with Gasteiger partial charge in [0.05, 0.1) is 12.4 Å². The minimum Gasteiger partial charge on any atom is -0.388 e. The van der Waals surface area contributed by atoms with Crippen LogP contribution < -0.4 is 16.8 Å². The molecule has 33 heavy (non-hydrogen) atoms. The number of ether oxygens (including phenoxy) is 1. The smallest absolute Gasteiger partial charge is 0.226 e. The summed E-state index contributed by atoms with van der Waals surface area (Å²) in [5.74, 6) is 0.317. The van der Waals surface area contributed by atoms with Crippen molar-refractivity contribution >= 4 is 28.8 Å². The highest BCUT2D eigenvalue weighted by Gasteiger charge is 2.44. The molecule has 0 saturated carbocycles. The Bertz CT molecular complexity index is 1110. The second kappa shape index (κ2) is 9.69. The molecule has 1 fully saturated rings. The van der Waals surface area contributed by atoms with E-state index in [1.54, 1.807) is 4.57 Å². The topological polar surface area (TPSA) is 174 Å². The summed E-state index contributed by atoms with van der Waals surface area (Å²) in [4.78, 5) is 24.1. The number of nitrogens with zero attached hydrogens (tertiary/aromatic N) is 4. The van der Waals surface area contributed by atoms with Crippen molar-refractivity contribution in [3.63, 3.8) is 0 Å². The predicted molar refractivity (Wildman–Crippen MR) is 122 cm³/mol. The predicted octanol–water partition coefficient (Wildman–Crippen LogP) is 0.899. The molecule has 7 N–H and O–H groups in total. The van der Waals surface area contributed by atoms with Gasteiger partial charge in [-0.2, -0.15) is 9.97 Å². The Morgan fingerprint density at radius 1 is 1.24 bits per heavy atom. The monoisotopic (exact) mass is 455 g/mol. The molecule has 1 aromatic carbocycles. The third kappa shape index (κ3) is 4.90. The number of amides is 1. The van der Waals surface area contributed by atoms with Crippen LogP contribution in [0.5, 0.6) is 0 Å². The number of aromatic nitrogens is 4. The van der Waals surface area contributed by atoms with Crippen LogP contribution in [0.2, 0.25) is 0 Å². The molecule has 1 amide bonds. The number of hydrogen-bond donors (Lipinski definition) is 5. The molecule has 0 bridgehead atoms. The summed E-state index contributed by atoms with van der Waals surface area (Å²) in [6, 6.07) is 10.1. The Morgan fingerprint density at radius 3 is 2.73 bits per heavy atom. The maximum atomic E-state index is 11.0. The van der Waals surface area contributed by atoms with Crippen molar-refractivity contribution in [3.8, 4) is 0 Å². The van der Waals surface area contributed by atoms with Gasteiger partial charge in [0.25, 0.3) is 0 Å². The lowest BCUT2D eigenvalue weighted by atomic mass is 10.0. The summed E-state index contributed by atoms with van der Waals surface area (Å²) in [5.41, 5.74) is 13.2. The van der Waals surface area contributed by atoms with Gasteiger partial charge in [0.1, 0.15) is 17.7 Å². The Morgan fingerprint density at radius 2 is 2.00 bits per heavy atom. The van der Waals surface area contributed by atoms with E-state index in [0.717, 1.165) is 0 Å². The summed E-state index contributed by atoms with van der Waals surface area (Å²) >= 11 is 0. The van der Waals surface area contributed by atoms with E-state index in [1.165, 1.54) is 11.9 Å². The number of aliphatic hydroxyl groups excluding tert-OH is 2. The number of carbonyl (C=O) groups excluding carboxylic acids is 1. The zero-order chi connectivity index (χ0) is 23.5. The molecular formula is C22H29N7O4. The molecular weight excluding hydrogens is 426 g/mol. The first-order valence-electron chi connectivity index (χ1n) is 10.9. The van der Waals surface area contributed by atoms with Crippen molar-refractivity contribution in [3.05, 3.63) is 42.2 Å². The Kier molecular flexibility index (Phi) is 6.72. The number of anilines is 2. The van der Waals surface area contributed by atoms with E-state index in [-0.39, 0.29) is 18.2 Å². The number of hydrogen-bond acceptors (Lipinski definition) is 9. The molecule has 0 radical (unpaired) electrons. The van der Waals surface area contributed by atoms with Crippen LogP contribution in [0.25, 0.3) is 11.2 Å². The van der Waals surface area contributed by atoms with Crippen molar-refractivity contribution in [1.82, 2.24) is 19.5 Å². The molecule has 2 aromatic heterocycles. The van der Waals surface area contributed by atoms with Gasteiger partial charge in [-0.05, 0) is 24.3 Å². The summed E-state index contributed by atoms with van der Waals surface area (Å²) < 4.78 is 7.45. The van der Waals surface area contributed by atoms with Crippen LogP contribution in [-0.4, -0.2) is 60.5 Å². The second-order valence-electron chi connectivity index (χ2n) is 8.35. The number of rotatable bonds is 9. The molecule has 1 aliphatic heterocycles. The molecule has 3 unspecified atom stereocenters. The van der Waals surface area contributed by atoms with Gasteiger partial charge in [0, 0.05) is 13.0 Å². The van der Waals surface area contributed by atoms with Crippen molar-refractivity contribution in [2.75, 3.05) is 17.6 Å². The quantitative estimate of drug-likeness (QED) is 0.314. The van der Waals surface area contributed by atoms with Crippen LogP contribution >= 0.6 is 0 Å². The highest BCUT2D eigenvalue weighted by molar-refractivity contribution is 5.83. The maximum absolute atomic E-state index is 11.0. The molecule has 1 saturated heterocycles. The number of carbonyl (C=O) groups is 1. The van der Waals surface area contributed by atoms with Gasteiger partial charge in [-0.3, -0.25) is 9.36 Å². The van der Waals surface area contributed by atoms with Crippen molar-refractivity contribution < 1.29 is 19.7 Å². The Hall–Kier alpha value is -3.28. The van der Waals surface area contributed by atoms with Crippen LogP contribution in [0.3, 0.4) is 0 Å². The maximum Gasteiger partial charge on any atom is 0.226 e. The summed E-state index contributed by atoms with van der Waals surface area (Å²) in [7, 11) is 0. The first-order valence-corrected chi connectivity index (χ1v) is 10.9. The standard InChI is InChI=1S/C22H29N7O4/c1-12(13-6-3-2-4-7-13)10-25-22-27-19(24)16-20(28-22)29(11-26-16)21-18(32)17(31)14(33-21)8-5-9-15(23)30/h2-4,6-7,11-12,14,17-18,21,31-32H,5,8-10H2,1H3,(H2,23,30)(H3,24,25,27,28)/t12?,14-,17?,18?,21-/m1/s1. The van der Waals surface area contributed by atoms with Crippen LogP contribution in [-0.2, 0) is 9.53 Å². The Balaban J connectivity index is 1.51. The molecule has 4 rings (SSSR count). The summed E-state index contributed by atoms with van der Waals surface area (Å²) in [6.45, 7) is 2.68. The van der Waals surface area contributed by atoms with E-state index in [4.69, 9.17) is 16.2 Å². The zero-order valence-electron chi connectivity index (χ0n) is 18.3. The third-order valence-electron chi connectivity index (χ3n) is 5.91. The molecule has 0 aliphatic carbocycles. The number of fused-ring (bicyclic) bond motifs is 1. The second-order valence-corrected chi connectivity index (χ2v) is 8.35. The molecule has 176 valence electrons. The van der Waals surface area contributed by atoms with E-state index in [0.29, 0.717) is 36.5 Å². The van der Waals surface area contributed by atoms with Gasteiger partial charge in [-0.1, -0.05) is 37.3 Å². The fourth-order valence-electron chi connectivity index (χ4n) is 4.02. The Labute approximate surface area is 190 Å². The van der Waals surface area contributed by atoms with Crippen molar-refractivity contribution in [1.29, 1.82) is 0 Å². The van der Waals surface area contributed by atoms with E-state index in [1.807, 2.05) is 18.2 Å². The third-order valence-corrected chi connectivity index (χ3v) is 5.91. The van der Waals surface area contributed by atoms with Crippen LogP contribution in [0, 0.1) is 0 Å². The molecule has 0 spiro atoms. The van der Waals surface area contributed by atoms with Gasteiger partial charge >= 0.3 is 0 Å². The van der Waals surface area contributed by atoms with Crippen LogP contribution in [0.4, 0.5) is 11.8 Å². The first-order chi connectivity index (χ1) is 15.8. The lowest BCUT2D eigenvalue weighted by Crippen LogP contribution is -2.31. The van der Waals surface area contributed by atoms with Crippen LogP contribution in [0.15, 0.2) is 36.7 Å². The number of benzene rings is 1. The van der Waals surface area contributed by atoms with E-state index < -0.39 is 30.4 Å². The van der Waals surface area contributed by atoms with Crippen molar-refractivity contribution in [2.24, 2.45) is 5.73 Å². The fraction of sp³-hybridized carbons (Fsp3) is 0.455. The largest absolute Gasteiger partial charge is 0.388 e. The highest BCUT2D eigenvalue weighted by atomic mass is 16.6. The number of nitrogens with one attached hydrogen (secondary N) is 1. The summed E-state index contributed by atoms with van der Waals surface area (Å²) in [5, 5.41) is 24.2. The van der Waals surface area contributed by atoms with Gasteiger partial charge in [0.15, 0.2) is 17.7 Å². The average Bonchev–Trinajstić information content (AvgIpc) is 3.34. The molecule has 11 nitrogen and oxygen atoms in total. The van der Waals surface area contributed by atoms with E-state index in [2.05, 4.69) is 39.3 Å². The minimum absolute atomic E-state index is 0.182. The lowest BCUT2D eigenvalue weighted by Gasteiger charge is -2.17. The molecule has 1 aliphatic rings. The van der Waals surface area contributed by atoms with Gasteiger partial charge in [-0.15, -0.1) is 0 Å². The number of imidazole rings is 1. The molecule has 11 heteroatoms. The van der Waals surface area contributed by atoms with Crippen LogP contribution in [0.1, 0.15) is 43.9 Å². The zero-order valence-corrected chi connectivity index (χ0v) is 18.3. The minimum atomic E-state index is -1.20. The van der Waals surface area contributed by atoms with E-state index >= 15 is 0 Å². The highest BCUT2D eigenvalue weighted by Crippen LogP contribution is 2.34. The van der Waals surface area contributed by atoms with Gasteiger partial charge in [0.2, 0.25) is 11.9 Å². The average molecular weight is 456 g/mol.